The van der Waals surface area contributed by atoms with Crippen LogP contribution in [-0.4, -0.2) is 10.9 Å². The van der Waals surface area contributed by atoms with Crippen molar-refractivity contribution in [2.45, 2.75) is 12.8 Å². The third kappa shape index (κ3) is 3.21. The number of carbonyl (C=O) groups is 1. The van der Waals surface area contributed by atoms with E-state index < -0.39 is 5.82 Å². The molecule has 1 aliphatic carbocycles. The maximum atomic E-state index is 13.2. The number of benzene rings is 2. The molecule has 0 aliphatic heterocycles. The molecule has 2 aromatic carbocycles. The Labute approximate surface area is 157 Å². The first-order chi connectivity index (χ1) is 12.5. The zero-order valence-corrected chi connectivity index (χ0v) is 14.8. The van der Waals surface area contributed by atoms with Crippen molar-refractivity contribution in [3.8, 4) is 17.6 Å². The highest BCUT2D eigenvalue weighted by molar-refractivity contribution is 7.22. The molecule has 1 aliphatic rings. The maximum Gasteiger partial charge on any atom is 0.229 e. The Balaban J connectivity index is 1.69. The van der Waals surface area contributed by atoms with Gasteiger partial charge in [-0.3, -0.25) is 4.79 Å². The first-order valence-corrected chi connectivity index (χ1v) is 9.02. The molecule has 1 N–H and O–H groups in total. The molecule has 0 saturated heterocycles. The first kappa shape index (κ1) is 16.8. The number of hydrogen-bond acceptors (Lipinski definition) is 5. The summed E-state index contributed by atoms with van der Waals surface area (Å²) in [7, 11) is 0. The second-order valence-electron chi connectivity index (χ2n) is 5.86. The third-order valence-electron chi connectivity index (χ3n) is 3.92. The number of nitriles is 1. The van der Waals surface area contributed by atoms with Crippen LogP contribution >= 0.6 is 22.9 Å². The molecule has 0 atom stereocenters. The predicted octanol–water partition coefficient (Wildman–Crippen LogP) is 5.10. The van der Waals surface area contributed by atoms with Crippen LogP contribution in [0.25, 0.3) is 10.2 Å². The highest BCUT2D eigenvalue weighted by Gasteiger charge is 2.30. The highest BCUT2D eigenvalue weighted by Crippen LogP contribution is 2.38. The molecule has 0 bridgehead atoms. The molecule has 0 unspecified atom stereocenters. The van der Waals surface area contributed by atoms with Crippen molar-refractivity contribution >= 4 is 44.2 Å². The van der Waals surface area contributed by atoms with Gasteiger partial charge in [-0.05, 0) is 43.2 Å². The molecule has 5 nitrogen and oxygen atoms in total. The van der Waals surface area contributed by atoms with E-state index in [1.54, 1.807) is 12.1 Å². The summed E-state index contributed by atoms with van der Waals surface area (Å²) in [5.41, 5.74) is 0.877. The van der Waals surface area contributed by atoms with Crippen molar-refractivity contribution in [1.29, 1.82) is 5.26 Å². The van der Waals surface area contributed by atoms with E-state index in [9.17, 15) is 14.4 Å². The number of carbonyl (C=O) groups excluding carboxylic acids is 1. The Hall–Kier alpha value is -2.69. The fourth-order valence-corrected chi connectivity index (χ4v) is 3.61. The van der Waals surface area contributed by atoms with Crippen LogP contribution in [0.3, 0.4) is 0 Å². The molecule has 0 spiro atoms. The number of halogens is 2. The highest BCUT2D eigenvalue weighted by atomic mass is 35.5. The zero-order valence-electron chi connectivity index (χ0n) is 13.3. The number of nitrogens with zero attached hydrogens (tertiary/aromatic N) is 2. The minimum absolute atomic E-state index is 0.0443. The van der Waals surface area contributed by atoms with Gasteiger partial charge in [0.25, 0.3) is 0 Å². The fraction of sp³-hybridized carbons (Fsp3) is 0.167. The number of hydrogen-bond donors (Lipinski definition) is 1. The number of ether oxygens (including phenoxy) is 1. The lowest BCUT2D eigenvalue weighted by Gasteiger charge is -2.09. The first-order valence-electron chi connectivity index (χ1n) is 7.82. The Kier molecular flexibility index (Phi) is 4.23. The summed E-state index contributed by atoms with van der Waals surface area (Å²) in [6.07, 6.45) is 1.80. The molecule has 1 amide bonds. The van der Waals surface area contributed by atoms with E-state index in [0.29, 0.717) is 15.3 Å². The van der Waals surface area contributed by atoms with Crippen LogP contribution in [0.4, 0.5) is 9.52 Å². The number of amides is 1. The molecule has 1 heterocycles. The summed E-state index contributed by atoms with van der Waals surface area (Å²) >= 11 is 7.20. The van der Waals surface area contributed by atoms with Crippen LogP contribution in [0.2, 0.25) is 5.02 Å². The lowest BCUT2D eigenvalue weighted by Crippen LogP contribution is -2.12. The number of aromatic nitrogens is 1. The molecule has 3 aromatic rings. The van der Waals surface area contributed by atoms with Crippen LogP contribution in [0, 0.1) is 23.1 Å². The Morgan fingerprint density at radius 1 is 1.35 bits per heavy atom. The van der Waals surface area contributed by atoms with Gasteiger partial charge in [0.1, 0.15) is 28.9 Å². The lowest BCUT2D eigenvalue weighted by atomic mass is 10.2. The largest absolute Gasteiger partial charge is 0.454 e. The van der Waals surface area contributed by atoms with Crippen LogP contribution in [0.5, 0.6) is 11.5 Å². The van der Waals surface area contributed by atoms with Gasteiger partial charge < -0.3 is 10.1 Å². The Bertz CT molecular complexity index is 1070. The van der Waals surface area contributed by atoms with Crippen LogP contribution in [0.15, 0.2) is 30.3 Å². The molecule has 26 heavy (non-hydrogen) atoms. The van der Waals surface area contributed by atoms with E-state index in [1.165, 1.54) is 23.5 Å². The van der Waals surface area contributed by atoms with E-state index in [-0.39, 0.29) is 33.9 Å². The number of thiazole rings is 1. The van der Waals surface area contributed by atoms with Gasteiger partial charge in [-0.25, -0.2) is 9.37 Å². The minimum atomic E-state index is -0.475. The molecule has 1 saturated carbocycles. The quantitative estimate of drug-likeness (QED) is 0.675. The lowest BCUT2D eigenvalue weighted by molar-refractivity contribution is -0.117. The van der Waals surface area contributed by atoms with Gasteiger partial charge in [-0.1, -0.05) is 22.9 Å². The smallest absolute Gasteiger partial charge is 0.229 e. The van der Waals surface area contributed by atoms with E-state index in [2.05, 4.69) is 16.4 Å². The molecule has 4 rings (SSSR count). The third-order valence-corrected chi connectivity index (χ3v) is 5.22. The van der Waals surface area contributed by atoms with Crippen LogP contribution < -0.4 is 10.1 Å². The summed E-state index contributed by atoms with van der Waals surface area (Å²) < 4.78 is 19.5. The molecular weight excluding hydrogens is 377 g/mol. The Morgan fingerprint density at radius 2 is 2.12 bits per heavy atom. The standard InChI is InChI=1S/C18H11ClFN3O2S/c19-12-7-10(20)3-5-15(12)25-14-6-4-13-16(11(14)8-21)26-18(22-13)23-17(24)9-1-2-9/h3-7,9H,1-2H2,(H,22,23,24). The van der Waals surface area contributed by atoms with Gasteiger partial charge in [-0.15, -0.1) is 0 Å². The minimum Gasteiger partial charge on any atom is -0.454 e. The normalized spacial score (nSPS) is 13.4. The number of anilines is 1. The van der Waals surface area contributed by atoms with Gasteiger partial charge in [0.2, 0.25) is 5.91 Å². The average Bonchev–Trinajstić information content (AvgIpc) is 3.38. The van der Waals surface area contributed by atoms with Crippen molar-refractivity contribution < 1.29 is 13.9 Å². The van der Waals surface area contributed by atoms with Crippen LogP contribution in [-0.2, 0) is 4.79 Å². The number of fused-ring (bicyclic) bond motifs is 1. The molecular formula is C18H11ClFN3O2S. The van der Waals surface area contributed by atoms with Crippen molar-refractivity contribution in [2.75, 3.05) is 5.32 Å². The second kappa shape index (κ2) is 6.56. The van der Waals surface area contributed by atoms with Crippen molar-refractivity contribution in [1.82, 2.24) is 4.98 Å². The fourth-order valence-electron chi connectivity index (χ4n) is 2.45. The molecule has 1 fully saturated rings. The van der Waals surface area contributed by atoms with E-state index >= 15 is 0 Å². The zero-order chi connectivity index (χ0) is 18.3. The number of nitrogens with one attached hydrogen (secondary N) is 1. The summed E-state index contributed by atoms with van der Waals surface area (Å²) in [4.78, 5) is 16.3. The van der Waals surface area contributed by atoms with Gasteiger partial charge in [0.05, 0.1) is 15.2 Å². The molecule has 1 aromatic heterocycles. The van der Waals surface area contributed by atoms with Gasteiger partial charge in [0, 0.05) is 5.92 Å². The average molecular weight is 388 g/mol. The van der Waals surface area contributed by atoms with Gasteiger partial charge in [0.15, 0.2) is 5.13 Å². The molecule has 0 radical (unpaired) electrons. The van der Waals surface area contributed by atoms with Crippen molar-refractivity contribution in [2.24, 2.45) is 5.92 Å². The van der Waals surface area contributed by atoms with E-state index in [0.717, 1.165) is 18.9 Å². The summed E-state index contributed by atoms with van der Waals surface area (Å²) in [6, 6.07) is 9.18. The van der Waals surface area contributed by atoms with Gasteiger partial charge >= 0.3 is 0 Å². The van der Waals surface area contributed by atoms with E-state index in [4.69, 9.17) is 16.3 Å². The molecule has 8 heteroatoms. The van der Waals surface area contributed by atoms with E-state index in [1.807, 2.05) is 0 Å². The molecule has 130 valence electrons. The Morgan fingerprint density at radius 3 is 2.81 bits per heavy atom. The summed E-state index contributed by atoms with van der Waals surface area (Å²) in [6.45, 7) is 0. The van der Waals surface area contributed by atoms with Crippen LogP contribution in [0.1, 0.15) is 18.4 Å². The predicted molar refractivity (Wildman–Crippen MR) is 97.2 cm³/mol. The monoisotopic (exact) mass is 387 g/mol. The second-order valence-corrected chi connectivity index (χ2v) is 7.26. The topological polar surface area (TPSA) is 75.0 Å². The SMILES string of the molecule is N#Cc1c(Oc2ccc(F)cc2Cl)ccc2nc(NC(=O)C3CC3)sc12. The maximum absolute atomic E-state index is 13.2. The van der Waals surface area contributed by atoms with Crippen molar-refractivity contribution in [3.63, 3.8) is 0 Å². The number of rotatable bonds is 4. The summed E-state index contributed by atoms with van der Waals surface area (Å²) in [5, 5.41) is 12.9. The summed E-state index contributed by atoms with van der Waals surface area (Å²) in [5.74, 6) is 0.0822. The van der Waals surface area contributed by atoms with Gasteiger partial charge in [-0.2, -0.15) is 5.26 Å². The van der Waals surface area contributed by atoms with Crippen molar-refractivity contribution in [3.05, 3.63) is 46.7 Å².